The topological polar surface area (TPSA) is 120 Å². The van der Waals surface area contributed by atoms with E-state index in [0.717, 1.165) is 5.56 Å². The summed E-state index contributed by atoms with van der Waals surface area (Å²) >= 11 is 0. The van der Waals surface area contributed by atoms with Crippen molar-refractivity contribution in [1.82, 2.24) is 9.55 Å². The minimum absolute atomic E-state index is 0.0197. The standard InChI is InChI=1S/C27H26N4O5/c1-35-17-16-30(26(33)21-14-8-9-15-22(21)36-20-12-6-3-7-13-20)23-24(28)31(27(34)29-25(23)32)18-19-10-4-2-5-11-19/h2-15H,16-18,28H2,1H3,(H,29,32,34). The number of nitrogens with two attached hydrogens (primary N) is 1. The molecule has 9 nitrogen and oxygen atoms in total. The number of nitrogen functional groups attached to an aromatic ring is 1. The van der Waals surface area contributed by atoms with Crippen molar-refractivity contribution in [2.24, 2.45) is 0 Å². The highest BCUT2D eigenvalue weighted by molar-refractivity contribution is 6.09. The molecule has 4 rings (SSSR count). The molecular weight excluding hydrogens is 460 g/mol. The summed E-state index contributed by atoms with van der Waals surface area (Å²) < 4.78 is 12.4. The van der Waals surface area contributed by atoms with Crippen molar-refractivity contribution in [2.75, 3.05) is 30.9 Å². The highest BCUT2D eigenvalue weighted by Crippen LogP contribution is 2.28. The molecule has 3 N–H and O–H groups in total. The molecule has 4 aromatic rings. The fourth-order valence-corrected chi connectivity index (χ4v) is 3.75. The smallest absolute Gasteiger partial charge is 0.330 e. The first-order chi connectivity index (χ1) is 17.5. The third kappa shape index (κ3) is 5.37. The van der Waals surface area contributed by atoms with Gasteiger partial charge in [-0.25, -0.2) is 4.79 Å². The number of para-hydroxylation sites is 2. The number of carbonyl (C=O) groups excluding carboxylic acids is 1. The van der Waals surface area contributed by atoms with Crippen molar-refractivity contribution in [3.8, 4) is 11.5 Å². The summed E-state index contributed by atoms with van der Waals surface area (Å²) in [6, 6.07) is 24.9. The Labute approximate surface area is 207 Å². The van der Waals surface area contributed by atoms with Crippen molar-refractivity contribution in [1.29, 1.82) is 0 Å². The van der Waals surface area contributed by atoms with Gasteiger partial charge in [-0.15, -0.1) is 0 Å². The van der Waals surface area contributed by atoms with E-state index in [2.05, 4.69) is 4.98 Å². The molecule has 1 aromatic heterocycles. The van der Waals surface area contributed by atoms with Crippen LogP contribution in [0.1, 0.15) is 15.9 Å². The van der Waals surface area contributed by atoms with Crippen LogP contribution in [0.2, 0.25) is 0 Å². The van der Waals surface area contributed by atoms with Crippen molar-refractivity contribution >= 4 is 17.4 Å². The largest absolute Gasteiger partial charge is 0.457 e. The zero-order chi connectivity index (χ0) is 25.5. The molecule has 0 saturated heterocycles. The van der Waals surface area contributed by atoms with Crippen molar-refractivity contribution in [3.63, 3.8) is 0 Å². The number of aromatic nitrogens is 2. The zero-order valence-electron chi connectivity index (χ0n) is 19.7. The third-order valence-electron chi connectivity index (χ3n) is 5.52. The lowest BCUT2D eigenvalue weighted by molar-refractivity contribution is 0.0973. The number of ether oxygens (including phenoxy) is 2. The quantitative estimate of drug-likeness (QED) is 0.375. The number of nitrogens with zero attached hydrogens (tertiary/aromatic N) is 2. The minimum atomic E-state index is -0.771. The van der Waals surface area contributed by atoms with Gasteiger partial charge in [0.25, 0.3) is 11.5 Å². The highest BCUT2D eigenvalue weighted by Gasteiger charge is 2.27. The van der Waals surface area contributed by atoms with Crippen LogP contribution in [0.3, 0.4) is 0 Å². The fraction of sp³-hybridized carbons (Fsp3) is 0.148. The molecule has 0 aliphatic carbocycles. The number of nitrogens with one attached hydrogen (secondary N) is 1. The van der Waals surface area contributed by atoms with E-state index in [1.807, 2.05) is 48.5 Å². The molecule has 0 radical (unpaired) electrons. The molecule has 1 amide bonds. The van der Waals surface area contributed by atoms with E-state index in [0.29, 0.717) is 11.5 Å². The molecule has 0 saturated carbocycles. The van der Waals surface area contributed by atoms with E-state index in [1.165, 1.54) is 16.6 Å². The molecule has 0 atom stereocenters. The average molecular weight is 487 g/mol. The summed E-state index contributed by atoms with van der Waals surface area (Å²) in [6.45, 7) is 0.269. The molecule has 0 aliphatic rings. The molecule has 0 unspecified atom stereocenters. The average Bonchev–Trinajstić information content (AvgIpc) is 2.89. The Kier molecular flexibility index (Phi) is 7.62. The lowest BCUT2D eigenvalue weighted by atomic mass is 10.1. The van der Waals surface area contributed by atoms with Gasteiger partial charge < -0.3 is 15.2 Å². The van der Waals surface area contributed by atoms with Gasteiger partial charge in [0.15, 0.2) is 5.69 Å². The van der Waals surface area contributed by atoms with E-state index in [4.69, 9.17) is 15.2 Å². The second kappa shape index (κ2) is 11.2. The van der Waals surface area contributed by atoms with Crippen molar-refractivity contribution < 1.29 is 14.3 Å². The maximum absolute atomic E-state index is 13.8. The van der Waals surface area contributed by atoms with Gasteiger partial charge in [-0.2, -0.15) is 0 Å². The first-order valence-electron chi connectivity index (χ1n) is 11.3. The maximum Gasteiger partial charge on any atom is 0.330 e. The molecule has 9 heteroatoms. The van der Waals surface area contributed by atoms with Crippen LogP contribution in [0.5, 0.6) is 11.5 Å². The SMILES string of the molecule is COCCN(C(=O)c1ccccc1Oc1ccccc1)c1c(N)n(Cc2ccccc2)c(=O)[nH]c1=O. The number of anilines is 2. The normalized spacial score (nSPS) is 10.7. The highest BCUT2D eigenvalue weighted by atomic mass is 16.5. The van der Waals surface area contributed by atoms with Crippen molar-refractivity contribution in [3.05, 3.63) is 117 Å². The monoisotopic (exact) mass is 486 g/mol. The number of amides is 1. The number of aromatic amines is 1. The van der Waals surface area contributed by atoms with E-state index in [-0.39, 0.29) is 36.8 Å². The molecule has 184 valence electrons. The van der Waals surface area contributed by atoms with Gasteiger partial charge in [0, 0.05) is 13.7 Å². The predicted molar refractivity (Wildman–Crippen MR) is 138 cm³/mol. The number of hydrogen-bond donors (Lipinski definition) is 2. The first kappa shape index (κ1) is 24.5. The van der Waals surface area contributed by atoms with E-state index in [9.17, 15) is 14.4 Å². The Morgan fingerprint density at radius 2 is 1.58 bits per heavy atom. The van der Waals surface area contributed by atoms with E-state index >= 15 is 0 Å². The Morgan fingerprint density at radius 3 is 2.28 bits per heavy atom. The molecule has 0 fully saturated rings. The fourth-order valence-electron chi connectivity index (χ4n) is 3.75. The Morgan fingerprint density at radius 1 is 0.944 bits per heavy atom. The lowest BCUT2D eigenvalue weighted by Crippen LogP contribution is -2.42. The number of hydrogen-bond acceptors (Lipinski definition) is 6. The maximum atomic E-state index is 13.8. The Hall–Kier alpha value is -4.63. The Balaban J connectivity index is 1.78. The van der Waals surface area contributed by atoms with Gasteiger partial charge in [0.05, 0.1) is 18.7 Å². The number of methoxy groups -OCH3 is 1. The van der Waals surface area contributed by atoms with E-state index in [1.54, 1.807) is 36.4 Å². The molecular formula is C27H26N4O5. The number of carbonyl (C=O) groups is 1. The van der Waals surface area contributed by atoms with Crippen LogP contribution < -0.4 is 26.6 Å². The second-order valence-electron chi connectivity index (χ2n) is 7.93. The number of rotatable bonds is 9. The van der Waals surface area contributed by atoms with Crippen LogP contribution in [0.15, 0.2) is 94.5 Å². The second-order valence-corrected chi connectivity index (χ2v) is 7.93. The van der Waals surface area contributed by atoms with Gasteiger partial charge >= 0.3 is 5.69 Å². The summed E-state index contributed by atoms with van der Waals surface area (Å²) in [5.74, 6) is 0.206. The molecule has 36 heavy (non-hydrogen) atoms. The van der Waals surface area contributed by atoms with Gasteiger partial charge in [0.1, 0.15) is 17.3 Å². The molecule has 1 heterocycles. The third-order valence-corrected chi connectivity index (χ3v) is 5.52. The Bertz CT molecular complexity index is 1450. The summed E-state index contributed by atoms with van der Waals surface area (Å²) in [5.41, 5.74) is 5.81. The zero-order valence-corrected chi connectivity index (χ0v) is 19.7. The molecule has 0 spiro atoms. The summed E-state index contributed by atoms with van der Waals surface area (Å²) in [5, 5.41) is 0. The predicted octanol–water partition coefficient (Wildman–Crippen LogP) is 3.25. The summed E-state index contributed by atoms with van der Waals surface area (Å²) in [6.07, 6.45) is 0. The lowest BCUT2D eigenvalue weighted by Gasteiger charge is -2.25. The van der Waals surface area contributed by atoms with Crippen LogP contribution in [0, 0.1) is 0 Å². The van der Waals surface area contributed by atoms with Gasteiger partial charge in [0.2, 0.25) is 0 Å². The van der Waals surface area contributed by atoms with Gasteiger partial charge in [-0.3, -0.25) is 24.0 Å². The number of benzene rings is 3. The van der Waals surface area contributed by atoms with Crippen molar-refractivity contribution in [2.45, 2.75) is 6.54 Å². The van der Waals surface area contributed by atoms with Crippen LogP contribution in [-0.4, -0.2) is 35.7 Å². The van der Waals surface area contributed by atoms with Crippen LogP contribution >= 0.6 is 0 Å². The van der Waals surface area contributed by atoms with Crippen LogP contribution in [0.25, 0.3) is 0 Å². The van der Waals surface area contributed by atoms with Gasteiger partial charge in [-0.1, -0.05) is 60.7 Å². The molecule has 3 aromatic carbocycles. The van der Waals surface area contributed by atoms with Crippen LogP contribution in [0.4, 0.5) is 11.5 Å². The summed E-state index contributed by atoms with van der Waals surface area (Å²) in [4.78, 5) is 42.9. The van der Waals surface area contributed by atoms with Gasteiger partial charge in [-0.05, 0) is 29.8 Å². The van der Waals surface area contributed by atoms with E-state index < -0.39 is 17.2 Å². The summed E-state index contributed by atoms with van der Waals surface area (Å²) in [7, 11) is 1.49. The number of H-pyrrole nitrogens is 1. The first-order valence-corrected chi connectivity index (χ1v) is 11.3. The molecule has 0 bridgehead atoms. The molecule has 0 aliphatic heterocycles. The van der Waals surface area contributed by atoms with Crippen LogP contribution in [-0.2, 0) is 11.3 Å². The minimum Gasteiger partial charge on any atom is -0.457 e.